The fourth-order valence-electron chi connectivity index (χ4n) is 0.773. The van der Waals surface area contributed by atoms with Gasteiger partial charge < -0.3 is 4.42 Å². The molecule has 0 N–H and O–H groups in total. The molecule has 0 saturated carbocycles. The van der Waals surface area contributed by atoms with Crippen LogP contribution >= 0.6 is 11.8 Å². The summed E-state index contributed by atoms with van der Waals surface area (Å²) < 4.78 is 5.15. The van der Waals surface area contributed by atoms with Crippen LogP contribution in [0.15, 0.2) is 16.7 Å². The van der Waals surface area contributed by atoms with Crippen molar-refractivity contribution in [1.82, 2.24) is 0 Å². The Labute approximate surface area is 65.8 Å². The Bertz CT molecular complexity index is 193. The molecule has 2 heteroatoms. The normalized spacial score (nSPS) is 10.2. The van der Waals surface area contributed by atoms with E-state index in [4.69, 9.17) is 4.42 Å². The van der Waals surface area contributed by atoms with Crippen molar-refractivity contribution >= 4 is 11.8 Å². The summed E-state index contributed by atoms with van der Waals surface area (Å²) in [6.45, 7) is 4.17. The van der Waals surface area contributed by atoms with Crippen LogP contribution in [0.4, 0.5) is 0 Å². The third-order valence-corrected chi connectivity index (χ3v) is 2.35. The summed E-state index contributed by atoms with van der Waals surface area (Å²) in [7, 11) is 0. The standard InChI is InChI=1S/C8H12OS/c1-3-10-6-8-4-5-9-7(8)2/h4-5H,3,6H2,1-2H3. The number of hydrogen-bond donors (Lipinski definition) is 0. The first-order valence-corrected chi connectivity index (χ1v) is 4.60. The second-order valence-corrected chi connectivity index (χ2v) is 3.41. The summed E-state index contributed by atoms with van der Waals surface area (Å²) in [6.07, 6.45) is 1.75. The van der Waals surface area contributed by atoms with Gasteiger partial charge in [0.1, 0.15) is 5.76 Å². The van der Waals surface area contributed by atoms with Crippen LogP contribution in [0, 0.1) is 6.92 Å². The third-order valence-electron chi connectivity index (χ3n) is 1.43. The molecule has 0 amide bonds. The van der Waals surface area contributed by atoms with E-state index in [2.05, 4.69) is 6.92 Å². The Kier molecular flexibility index (Phi) is 2.87. The van der Waals surface area contributed by atoms with Gasteiger partial charge in [-0.15, -0.1) is 0 Å². The zero-order chi connectivity index (χ0) is 7.40. The number of thioether (sulfide) groups is 1. The molecular formula is C8H12OS. The largest absolute Gasteiger partial charge is 0.469 e. The molecule has 0 atom stereocenters. The highest BCUT2D eigenvalue weighted by molar-refractivity contribution is 7.98. The van der Waals surface area contributed by atoms with Crippen LogP contribution in [0.2, 0.25) is 0 Å². The van der Waals surface area contributed by atoms with Crippen LogP contribution in [-0.4, -0.2) is 5.75 Å². The monoisotopic (exact) mass is 156 g/mol. The van der Waals surface area contributed by atoms with E-state index in [1.807, 2.05) is 24.8 Å². The Morgan fingerprint density at radius 1 is 1.60 bits per heavy atom. The maximum Gasteiger partial charge on any atom is 0.104 e. The molecule has 0 unspecified atom stereocenters. The fraction of sp³-hybridized carbons (Fsp3) is 0.500. The van der Waals surface area contributed by atoms with Crippen molar-refractivity contribution in [3.05, 3.63) is 23.7 Å². The minimum Gasteiger partial charge on any atom is -0.469 e. The van der Waals surface area contributed by atoms with Crippen LogP contribution in [0.25, 0.3) is 0 Å². The highest BCUT2D eigenvalue weighted by Gasteiger charge is 1.98. The highest BCUT2D eigenvalue weighted by Crippen LogP contribution is 2.15. The van der Waals surface area contributed by atoms with Crippen molar-refractivity contribution in [1.29, 1.82) is 0 Å². The van der Waals surface area contributed by atoms with Crippen LogP contribution in [0.3, 0.4) is 0 Å². The first-order valence-electron chi connectivity index (χ1n) is 3.45. The predicted octanol–water partition coefficient (Wildman–Crippen LogP) is 2.84. The van der Waals surface area contributed by atoms with Crippen LogP contribution in [-0.2, 0) is 5.75 Å². The Hall–Kier alpha value is -0.370. The van der Waals surface area contributed by atoms with E-state index in [1.54, 1.807) is 6.26 Å². The van der Waals surface area contributed by atoms with Gasteiger partial charge in [0, 0.05) is 11.3 Å². The smallest absolute Gasteiger partial charge is 0.104 e. The summed E-state index contributed by atoms with van der Waals surface area (Å²) in [5.74, 6) is 3.31. The van der Waals surface area contributed by atoms with Crippen molar-refractivity contribution < 1.29 is 4.42 Å². The maximum absolute atomic E-state index is 5.15. The lowest BCUT2D eigenvalue weighted by atomic mass is 10.3. The summed E-state index contributed by atoms with van der Waals surface area (Å²) in [4.78, 5) is 0. The second-order valence-electron chi connectivity index (χ2n) is 2.14. The van der Waals surface area contributed by atoms with Crippen molar-refractivity contribution in [2.75, 3.05) is 5.75 Å². The molecule has 0 aromatic carbocycles. The van der Waals surface area contributed by atoms with E-state index >= 15 is 0 Å². The molecule has 0 aliphatic heterocycles. The zero-order valence-electron chi connectivity index (χ0n) is 6.39. The van der Waals surface area contributed by atoms with Gasteiger partial charge in [0.15, 0.2) is 0 Å². The molecule has 1 rings (SSSR count). The van der Waals surface area contributed by atoms with E-state index in [0.717, 1.165) is 11.5 Å². The lowest BCUT2D eigenvalue weighted by Crippen LogP contribution is -1.79. The van der Waals surface area contributed by atoms with Gasteiger partial charge in [0.05, 0.1) is 6.26 Å². The predicted molar refractivity (Wildman–Crippen MR) is 45.3 cm³/mol. The zero-order valence-corrected chi connectivity index (χ0v) is 7.20. The van der Waals surface area contributed by atoms with Crippen LogP contribution in [0.5, 0.6) is 0 Å². The average molecular weight is 156 g/mol. The summed E-state index contributed by atoms with van der Waals surface area (Å²) in [5.41, 5.74) is 1.33. The molecule has 1 aromatic heterocycles. The molecule has 0 aliphatic rings. The Morgan fingerprint density at radius 2 is 2.40 bits per heavy atom. The topological polar surface area (TPSA) is 13.1 Å². The number of rotatable bonds is 3. The Balaban J connectivity index is 2.49. The third kappa shape index (κ3) is 1.81. The molecule has 1 aromatic rings. The van der Waals surface area contributed by atoms with Gasteiger partial charge in [0.25, 0.3) is 0 Å². The van der Waals surface area contributed by atoms with Crippen LogP contribution < -0.4 is 0 Å². The molecule has 0 bridgehead atoms. The summed E-state index contributed by atoms with van der Waals surface area (Å²) in [6, 6.07) is 2.04. The van der Waals surface area contributed by atoms with Gasteiger partial charge in [-0.2, -0.15) is 11.8 Å². The van der Waals surface area contributed by atoms with E-state index in [-0.39, 0.29) is 0 Å². The van der Waals surface area contributed by atoms with Gasteiger partial charge in [0.2, 0.25) is 0 Å². The second kappa shape index (κ2) is 3.71. The molecule has 56 valence electrons. The number of aryl methyl sites for hydroxylation is 1. The highest BCUT2D eigenvalue weighted by atomic mass is 32.2. The maximum atomic E-state index is 5.15. The van der Waals surface area contributed by atoms with Crippen molar-refractivity contribution in [2.24, 2.45) is 0 Å². The Morgan fingerprint density at radius 3 is 2.90 bits per heavy atom. The molecule has 0 saturated heterocycles. The average Bonchev–Trinajstić information content (AvgIpc) is 2.31. The minimum atomic E-state index is 1.06. The molecule has 0 radical (unpaired) electrons. The van der Waals surface area contributed by atoms with Crippen molar-refractivity contribution in [3.63, 3.8) is 0 Å². The lowest BCUT2D eigenvalue weighted by Gasteiger charge is -1.94. The molecule has 0 spiro atoms. The number of hydrogen-bond acceptors (Lipinski definition) is 2. The van der Waals surface area contributed by atoms with E-state index < -0.39 is 0 Å². The molecule has 1 heterocycles. The molecule has 0 fully saturated rings. The molecule has 1 nitrogen and oxygen atoms in total. The molecule has 0 aliphatic carbocycles. The lowest BCUT2D eigenvalue weighted by molar-refractivity contribution is 0.531. The number of furan rings is 1. The van der Waals surface area contributed by atoms with E-state index in [9.17, 15) is 0 Å². The minimum absolute atomic E-state index is 1.06. The van der Waals surface area contributed by atoms with Crippen LogP contribution in [0.1, 0.15) is 18.2 Å². The summed E-state index contributed by atoms with van der Waals surface area (Å²) in [5, 5.41) is 0. The van der Waals surface area contributed by atoms with Crippen molar-refractivity contribution in [2.45, 2.75) is 19.6 Å². The summed E-state index contributed by atoms with van der Waals surface area (Å²) >= 11 is 1.92. The van der Waals surface area contributed by atoms with Gasteiger partial charge in [-0.1, -0.05) is 6.92 Å². The first-order chi connectivity index (χ1) is 4.84. The van der Waals surface area contributed by atoms with E-state index in [0.29, 0.717) is 0 Å². The van der Waals surface area contributed by atoms with Gasteiger partial charge in [-0.05, 0) is 18.7 Å². The van der Waals surface area contributed by atoms with Crippen molar-refractivity contribution in [3.8, 4) is 0 Å². The SMILES string of the molecule is CCSCc1ccoc1C. The quantitative estimate of drug-likeness (QED) is 0.667. The van der Waals surface area contributed by atoms with E-state index in [1.165, 1.54) is 11.3 Å². The molecular weight excluding hydrogens is 144 g/mol. The molecule has 10 heavy (non-hydrogen) atoms. The van der Waals surface area contributed by atoms with Gasteiger partial charge in [-0.25, -0.2) is 0 Å². The van der Waals surface area contributed by atoms with Gasteiger partial charge in [-0.3, -0.25) is 0 Å². The fourth-order valence-corrected chi connectivity index (χ4v) is 1.50. The van der Waals surface area contributed by atoms with Gasteiger partial charge >= 0.3 is 0 Å². The first kappa shape index (κ1) is 7.73.